The molecule has 13 nitrogen and oxygen atoms in total. The first-order valence-electron chi connectivity index (χ1n) is 47.0. The van der Waals surface area contributed by atoms with Crippen LogP contribution in [0, 0.1) is 26.7 Å². The first-order valence-corrected chi connectivity index (χ1v) is 48.2. The second-order valence-electron chi connectivity index (χ2n) is 37.3. The smallest absolute Gasteiger partial charge is 0.295 e. The Morgan fingerprint density at radius 3 is 1.50 bits per heavy atom. The van der Waals surface area contributed by atoms with Crippen LogP contribution in [0.5, 0.6) is 0 Å². The Hall–Kier alpha value is -12.6. The van der Waals surface area contributed by atoms with Crippen LogP contribution in [0.25, 0.3) is 71.2 Å². The molecule has 3 aromatic heterocycles. The number of nitrogens with zero attached hydrogens (tertiary/aromatic N) is 12. The molecule has 2 fully saturated rings. The van der Waals surface area contributed by atoms with Crippen molar-refractivity contribution in [3.8, 4) is 11.3 Å². The van der Waals surface area contributed by atoms with Crippen molar-refractivity contribution in [1.82, 2.24) is 14.2 Å². The number of hydrogen-bond donors (Lipinski definition) is 0. The van der Waals surface area contributed by atoms with Gasteiger partial charge in [-0.2, -0.15) is 22.6 Å². The van der Waals surface area contributed by atoms with E-state index in [-0.39, 0.29) is 34.1 Å². The van der Waals surface area contributed by atoms with E-state index in [1.54, 1.807) is 16.7 Å². The Morgan fingerprint density at radius 2 is 0.894 bits per heavy atom. The number of anilines is 8. The van der Waals surface area contributed by atoms with Gasteiger partial charge in [0.15, 0.2) is 11.3 Å². The maximum absolute atomic E-state index is 6.14. The van der Waals surface area contributed by atoms with Crippen molar-refractivity contribution in [2.45, 2.75) is 140 Å². The summed E-state index contributed by atoms with van der Waals surface area (Å²) in [7, 11) is 9.58. The van der Waals surface area contributed by atoms with E-state index in [1.807, 2.05) is 91.0 Å². The van der Waals surface area contributed by atoms with Crippen LogP contribution in [0.3, 0.4) is 0 Å². The van der Waals surface area contributed by atoms with Crippen molar-refractivity contribution in [3.63, 3.8) is 0 Å². The number of benzene rings is 13. The molecule has 16 aromatic rings. The molecular weight excluding hydrogens is 1740 g/mol. The van der Waals surface area contributed by atoms with Gasteiger partial charge in [0.2, 0.25) is 0 Å². The quantitative estimate of drug-likeness (QED) is 0.0438. The van der Waals surface area contributed by atoms with Crippen LogP contribution in [-0.2, 0) is 53.5 Å². The Labute approximate surface area is 801 Å². The van der Waals surface area contributed by atoms with Crippen LogP contribution in [0.4, 0.5) is 68.2 Å². The minimum Gasteiger partial charge on any atom is -0.774 e. The zero-order valence-corrected chi connectivity index (χ0v) is 78.9. The Bertz CT molecular complexity index is 6900. The summed E-state index contributed by atoms with van der Waals surface area (Å²) in [6.45, 7) is 17.4. The maximum Gasteiger partial charge on any atom is 0.295 e. The molecule has 27 rings (SSSR count). The van der Waals surface area contributed by atoms with Gasteiger partial charge in [-0.05, 0) is 132 Å². The van der Waals surface area contributed by atoms with Crippen molar-refractivity contribution in [2.24, 2.45) is 5.92 Å². The molecule has 132 heavy (non-hydrogen) atoms. The normalized spacial score (nSPS) is 18.5. The van der Waals surface area contributed by atoms with Crippen LogP contribution in [0.2, 0.25) is 0 Å². The Kier molecular flexibility index (Phi) is 24.4. The average Bonchev–Trinajstić information content (AvgIpc) is 1.51. The molecule has 11 aliphatic rings. The number of imidazole rings is 1. The number of hydrogen-bond acceptors (Lipinski definition) is 9. The number of pyridine rings is 1. The number of furan rings is 1. The van der Waals surface area contributed by atoms with Crippen molar-refractivity contribution in [3.05, 3.63) is 398 Å². The standard InChI is InChI=1S/C34H35N2.C23H20N4.C17H14N2O.C17H20NP.C14H12N.C11H12N2.2Cu/c1-3-11-23(12-4-1)26-17-10-18-27(24-13-5-2-6-14-24)33(26)31-22-35-21-25-15-9-19-29-28-16-7-8-20-30(28)36(31)34(35)32(25)29;1-24-14-8-3-5-10-16(14)26-18-12-7-13-19-20(18)21(22(24)26)23-25(2)15-9-4-6-11-17(15)27(19)23;1-18-8-9-19-15(18)10-11-6-7-13-12-4-2-3-5-14(12)20-17(13)16(11)19;1-13(2)12-19-17-11-7-6-10-16(17)18-15-9-5-4-8-14(15)3;1-11-7-3-5-9-13(11)15-14-10-6-4-8-12(14)2;1-12-6-7-13-10-5-3-2-4-9(10)8-11(12)13;;/h7-10,15-20,22-24H,1-6,11-14,21H2;3-13,21-23H,1-2H3;2-9,15H,10H2,1H3;4-11,13,19H,3,12H2,1-2H3;3-10H,1-2H2;2-7,11H,8H2,1H3;;/q+1;;;-2;-3;;;. The van der Waals surface area contributed by atoms with Gasteiger partial charge in [-0.25, -0.2) is 42.0 Å². The molecule has 5 atom stereocenters. The summed E-state index contributed by atoms with van der Waals surface area (Å²) in [6, 6.07) is 101. The van der Waals surface area contributed by atoms with Gasteiger partial charge in [0.05, 0.1) is 39.7 Å². The molecule has 13 aromatic carbocycles. The van der Waals surface area contributed by atoms with Gasteiger partial charge in [0.1, 0.15) is 48.5 Å². The molecule has 0 saturated heterocycles. The minimum atomic E-state index is 0. The third kappa shape index (κ3) is 15.5. The molecule has 2 saturated carbocycles. The summed E-state index contributed by atoms with van der Waals surface area (Å²) >= 11 is 0. The maximum atomic E-state index is 6.14. The molecule has 9 aliphatic heterocycles. The van der Waals surface area contributed by atoms with E-state index in [4.69, 9.17) is 9.73 Å². The summed E-state index contributed by atoms with van der Waals surface area (Å²) in [6.07, 6.45) is 29.8. The number of likely N-dealkylation sites (N-methyl/N-ethyl adjacent to an activating group) is 4. The van der Waals surface area contributed by atoms with Gasteiger partial charge in [-0.15, -0.1) is 42.1 Å². The second-order valence-corrected chi connectivity index (χ2v) is 38.6. The summed E-state index contributed by atoms with van der Waals surface area (Å²) < 4.78 is 11.3. The van der Waals surface area contributed by atoms with E-state index in [1.165, 1.54) is 187 Å². The molecular formula is C116H113Cu2N12OP-4. The predicted molar refractivity (Wildman–Crippen MR) is 546 cm³/mol. The summed E-state index contributed by atoms with van der Waals surface area (Å²) in [5.41, 5.74) is 34.2. The second kappa shape index (κ2) is 36.9. The summed E-state index contributed by atoms with van der Waals surface area (Å²) in [4.78, 5) is 19.3. The molecule has 0 bridgehead atoms. The van der Waals surface area contributed by atoms with Crippen LogP contribution in [-0.4, -0.2) is 73.2 Å². The SMILES string of the molecule is CN1C=CN2c3c(ccc4c3oc3ccccc34)CC12.CN1C=CN2c3ccccc3CC12.CN1c2ccccc2N2c3cccc4c3C(C12)C1N(C)c2ccccc2N41.[CH2-]c1ccccc1[N-]c1ccccc1PCC(C)C.[CH2-]c1ccccc1[N-]c1ccccc1[CH2-].[Cu].[Cu].c1cc(C2CCCCC2)c(-c2c[n+]3c4c5c(cccc5c5ccccc5n24)C3)c(C2CCCCC2)c1. The monoisotopic (exact) mass is 1850 g/mol. The first kappa shape index (κ1) is 87.4. The summed E-state index contributed by atoms with van der Waals surface area (Å²) in [5.74, 6) is 2.54. The van der Waals surface area contributed by atoms with E-state index >= 15 is 0 Å². The van der Waals surface area contributed by atoms with Crippen LogP contribution in [0.15, 0.2) is 321 Å². The van der Waals surface area contributed by atoms with Crippen LogP contribution < -0.4 is 39.3 Å². The van der Waals surface area contributed by atoms with E-state index < -0.39 is 0 Å². The average molecular weight is 1850 g/mol. The van der Waals surface area contributed by atoms with Gasteiger partial charge >= 0.3 is 0 Å². The van der Waals surface area contributed by atoms with Gasteiger partial charge in [-0.1, -0.05) is 237 Å². The predicted octanol–water partition coefficient (Wildman–Crippen LogP) is 28.3. The molecule has 16 heteroatoms. The zero-order chi connectivity index (χ0) is 87.9. The van der Waals surface area contributed by atoms with E-state index in [9.17, 15) is 0 Å². The Morgan fingerprint density at radius 1 is 0.424 bits per heavy atom. The van der Waals surface area contributed by atoms with Gasteiger partial charge in [-0.3, -0.25) is 17.1 Å². The van der Waals surface area contributed by atoms with Gasteiger partial charge < -0.3 is 54.3 Å². The Balaban J connectivity index is 0.000000102. The fourth-order valence-corrected chi connectivity index (χ4v) is 24.0. The number of aromatic nitrogens is 2. The largest absolute Gasteiger partial charge is 0.774 e. The van der Waals surface area contributed by atoms with Crippen molar-refractivity contribution in [2.75, 3.05) is 63.8 Å². The van der Waals surface area contributed by atoms with Gasteiger partial charge in [0.25, 0.3) is 5.65 Å². The van der Waals surface area contributed by atoms with Crippen molar-refractivity contribution < 1.29 is 43.1 Å². The fourth-order valence-electron chi connectivity index (χ4n) is 22.8. The molecule has 12 heterocycles. The van der Waals surface area contributed by atoms with Crippen molar-refractivity contribution in [1.29, 1.82) is 0 Å². The van der Waals surface area contributed by atoms with Gasteiger partial charge in [0, 0.05) is 155 Å². The van der Waals surface area contributed by atoms with E-state index in [2.05, 4.69) is 341 Å². The van der Waals surface area contributed by atoms with Crippen molar-refractivity contribution >= 4 is 131 Å². The third-order valence-corrected chi connectivity index (χ3v) is 30.9. The van der Waals surface area contributed by atoms with Crippen LogP contribution >= 0.6 is 8.58 Å². The molecule has 2 aliphatic carbocycles. The summed E-state index contributed by atoms with van der Waals surface area (Å²) in [5, 5.41) is 17.3. The number of rotatable bonds is 10. The minimum absolute atomic E-state index is 0. The molecule has 0 spiro atoms. The van der Waals surface area contributed by atoms with E-state index in [0.29, 0.717) is 42.4 Å². The topological polar surface area (TPSA) is 75.6 Å². The molecule has 2 radical (unpaired) electrons. The number of para-hydroxylation sites is 11. The van der Waals surface area contributed by atoms with Crippen LogP contribution in [0.1, 0.15) is 146 Å². The molecule has 674 valence electrons. The molecule has 0 N–H and O–H groups in total. The molecule has 0 amide bonds. The third-order valence-electron chi connectivity index (χ3n) is 29.1. The van der Waals surface area contributed by atoms with E-state index in [0.717, 1.165) is 84.5 Å². The first-order chi connectivity index (χ1) is 63.8. The zero-order valence-electron chi connectivity index (χ0n) is 76.0. The fraction of sp³-hybridized carbons (Fsp3) is 0.241. The molecule has 5 unspecified atom stereocenters. The number of fused-ring (bicyclic) bond motifs is 23.